The number of carbonyl (C=O) groups excluding carboxylic acids is 3. The number of hydrogen-bond donors (Lipinski definition) is 0. The Morgan fingerprint density at radius 3 is 2.29 bits per heavy atom. The lowest BCUT2D eigenvalue weighted by atomic mass is 10.2. The van der Waals surface area contributed by atoms with E-state index in [-0.39, 0.29) is 12.2 Å². The maximum Gasteiger partial charge on any atom is 0.344 e. The average molecular weight is 300 g/mol. The number of ether oxygens (including phenoxy) is 3. The van der Waals surface area contributed by atoms with Crippen LogP contribution in [0.2, 0.25) is 0 Å². The molecule has 0 atom stereocenters. The summed E-state index contributed by atoms with van der Waals surface area (Å²) >= 11 is 0. The molecule has 0 heterocycles. The van der Waals surface area contributed by atoms with Crippen LogP contribution in [0.3, 0.4) is 0 Å². The lowest BCUT2D eigenvalue weighted by molar-refractivity contribution is -0.156. The van der Waals surface area contributed by atoms with Gasteiger partial charge in [-0.1, -0.05) is 26.2 Å². The van der Waals surface area contributed by atoms with Gasteiger partial charge in [-0.25, -0.2) is 14.4 Å². The number of unbranched alkanes of at least 4 members (excludes halogenated alkanes) is 3. The standard InChI is InChI=1S/C15H24O6/c1-4-6-7-8-9-20-14(17)11-21-15(18)12(3)10-13(16)19-5-2/h10H,4-9,11H2,1-3H3/b12-10-. The van der Waals surface area contributed by atoms with E-state index in [1.807, 2.05) is 0 Å². The molecule has 0 fully saturated rings. The van der Waals surface area contributed by atoms with Crippen LogP contribution in [-0.4, -0.2) is 37.7 Å². The SMILES string of the molecule is CCCCCCOC(=O)COC(=O)/C(C)=C\C(=O)OCC. The first-order chi connectivity index (χ1) is 10.0. The van der Waals surface area contributed by atoms with Crippen LogP contribution in [0.25, 0.3) is 0 Å². The Bertz CT molecular complexity index is 372. The molecule has 6 nitrogen and oxygen atoms in total. The summed E-state index contributed by atoms with van der Waals surface area (Å²) in [5, 5.41) is 0. The zero-order chi connectivity index (χ0) is 16.1. The molecule has 0 aliphatic rings. The van der Waals surface area contributed by atoms with Crippen LogP contribution >= 0.6 is 0 Å². The molecule has 0 unspecified atom stereocenters. The van der Waals surface area contributed by atoms with Gasteiger partial charge in [0.05, 0.1) is 13.2 Å². The highest BCUT2D eigenvalue weighted by atomic mass is 16.6. The Kier molecular flexibility index (Phi) is 10.9. The minimum Gasteiger partial charge on any atom is -0.463 e. The Balaban J connectivity index is 3.90. The third-order valence-corrected chi connectivity index (χ3v) is 2.52. The number of hydrogen-bond acceptors (Lipinski definition) is 6. The minimum absolute atomic E-state index is 0.0733. The highest BCUT2D eigenvalue weighted by Crippen LogP contribution is 2.00. The molecule has 0 aromatic carbocycles. The molecule has 0 aromatic heterocycles. The van der Waals surface area contributed by atoms with Crippen molar-refractivity contribution in [3.63, 3.8) is 0 Å². The summed E-state index contributed by atoms with van der Waals surface area (Å²) in [6.45, 7) is 5.26. The van der Waals surface area contributed by atoms with Crippen LogP contribution in [0.15, 0.2) is 11.6 Å². The molecule has 0 aromatic rings. The van der Waals surface area contributed by atoms with E-state index >= 15 is 0 Å². The van der Waals surface area contributed by atoms with E-state index in [2.05, 4.69) is 11.7 Å². The topological polar surface area (TPSA) is 78.9 Å². The molecule has 120 valence electrons. The molecule has 6 heteroatoms. The summed E-state index contributed by atoms with van der Waals surface area (Å²) in [5.41, 5.74) is 0.0733. The molecule has 0 aliphatic carbocycles. The lowest BCUT2D eigenvalue weighted by Crippen LogP contribution is -2.18. The van der Waals surface area contributed by atoms with Gasteiger partial charge in [-0.15, -0.1) is 0 Å². The number of esters is 3. The van der Waals surface area contributed by atoms with Crippen LogP contribution in [0.4, 0.5) is 0 Å². The van der Waals surface area contributed by atoms with Crippen LogP contribution in [-0.2, 0) is 28.6 Å². The molecule has 0 radical (unpaired) electrons. The third kappa shape index (κ3) is 10.6. The van der Waals surface area contributed by atoms with E-state index in [4.69, 9.17) is 9.47 Å². The summed E-state index contributed by atoms with van der Waals surface area (Å²) in [6, 6.07) is 0. The first-order valence-electron chi connectivity index (χ1n) is 7.19. The van der Waals surface area contributed by atoms with Gasteiger partial charge in [-0.3, -0.25) is 0 Å². The first-order valence-corrected chi connectivity index (χ1v) is 7.19. The van der Waals surface area contributed by atoms with E-state index in [1.165, 1.54) is 6.92 Å². The molecule has 0 rings (SSSR count). The highest BCUT2D eigenvalue weighted by Gasteiger charge is 2.12. The van der Waals surface area contributed by atoms with E-state index in [1.54, 1.807) is 6.92 Å². The molecule has 0 aliphatic heterocycles. The van der Waals surface area contributed by atoms with Crippen LogP contribution in [0.1, 0.15) is 46.5 Å². The molecular formula is C15H24O6. The van der Waals surface area contributed by atoms with Crippen LogP contribution < -0.4 is 0 Å². The van der Waals surface area contributed by atoms with Crippen molar-refractivity contribution < 1.29 is 28.6 Å². The van der Waals surface area contributed by atoms with Gasteiger partial charge >= 0.3 is 17.9 Å². The quantitative estimate of drug-likeness (QED) is 0.266. The summed E-state index contributed by atoms with van der Waals surface area (Å²) in [6.07, 6.45) is 5.05. The fourth-order valence-electron chi connectivity index (χ4n) is 1.41. The molecule has 0 saturated carbocycles. The second-order valence-corrected chi connectivity index (χ2v) is 4.44. The summed E-state index contributed by atoms with van der Waals surface area (Å²) in [7, 11) is 0. The molecule has 0 N–H and O–H groups in total. The third-order valence-electron chi connectivity index (χ3n) is 2.52. The Morgan fingerprint density at radius 1 is 0.952 bits per heavy atom. The minimum atomic E-state index is -0.744. The van der Waals surface area contributed by atoms with Crippen LogP contribution in [0.5, 0.6) is 0 Å². The van der Waals surface area contributed by atoms with Gasteiger partial charge in [0, 0.05) is 11.6 Å². The maximum atomic E-state index is 11.5. The molecule has 0 bridgehead atoms. The van der Waals surface area contributed by atoms with Gasteiger partial charge in [0.1, 0.15) is 0 Å². The Morgan fingerprint density at radius 2 is 1.67 bits per heavy atom. The molecule has 0 spiro atoms. The van der Waals surface area contributed by atoms with Crippen molar-refractivity contribution in [2.45, 2.75) is 46.5 Å². The van der Waals surface area contributed by atoms with Gasteiger partial charge in [0.15, 0.2) is 6.61 Å². The first kappa shape index (κ1) is 19.1. The normalized spacial score (nSPS) is 10.9. The Labute approximate surface area is 125 Å². The van der Waals surface area contributed by atoms with Gasteiger partial charge < -0.3 is 14.2 Å². The van der Waals surface area contributed by atoms with E-state index in [9.17, 15) is 14.4 Å². The fourth-order valence-corrected chi connectivity index (χ4v) is 1.41. The van der Waals surface area contributed by atoms with Crippen molar-refractivity contribution in [1.29, 1.82) is 0 Å². The van der Waals surface area contributed by atoms with E-state index in [0.717, 1.165) is 31.8 Å². The smallest absolute Gasteiger partial charge is 0.344 e. The summed E-state index contributed by atoms with van der Waals surface area (Å²) in [4.78, 5) is 33.9. The average Bonchev–Trinajstić information content (AvgIpc) is 2.44. The molecular weight excluding hydrogens is 276 g/mol. The van der Waals surface area contributed by atoms with Gasteiger partial charge in [-0.2, -0.15) is 0 Å². The predicted molar refractivity (Wildman–Crippen MR) is 76.5 cm³/mol. The largest absolute Gasteiger partial charge is 0.463 e. The maximum absolute atomic E-state index is 11.5. The van der Waals surface area contributed by atoms with E-state index < -0.39 is 24.5 Å². The van der Waals surface area contributed by atoms with Crippen molar-refractivity contribution in [3.8, 4) is 0 Å². The lowest BCUT2D eigenvalue weighted by Gasteiger charge is -2.06. The van der Waals surface area contributed by atoms with Gasteiger partial charge in [0.25, 0.3) is 0 Å². The molecule has 21 heavy (non-hydrogen) atoms. The Hall–Kier alpha value is -1.85. The predicted octanol–water partition coefficient (Wildman–Crippen LogP) is 2.16. The summed E-state index contributed by atoms with van der Waals surface area (Å²) in [5.74, 6) is -1.96. The number of rotatable bonds is 10. The van der Waals surface area contributed by atoms with Gasteiger partial charge in [-0.05, 0) is 20.3 Å². The summed E-state index contributed by atoms with van der Waals surface area (Å²) < 4.78 is 14.3. The van der Waals surface area contributed by atoms with Crippen molar-refractivity contribution >= 4 is 17.9 Å². The second kappa shape index (κ2) is 11.9. The zero-order valence-electron chi connectivity index (χ0n) is 13.0. The highest BCUT2D eigenvalue weighted by molar-refractivity contribution is 5.96. The van der Waals surface area contributed by atoms with Crippen LogP contribution in [0, 0.1) is 0 Å². The fraction of sp³-hybridized carbons (Fsp3) is 0.667. The monoisotopic (exact) mass is 300 g/mol. The zero-order valence-corrected chi connectivity index (χ0v) is 13.0. The van der Waals surface area contributed by atoms with Crippen molar-refractivity contribution in [3.05, 3.63) is 11.6 Å². The molecule has 0 saturated heterocycles. The molecule has 0 amide bonds. The van der Waals surface area contributed by atoms with Crippen molar-refractivity contribution in [2.75, 3.05) is 19.8 Å². The second-order valence-electron chi connectivity index (χ2n) is 4.44. The van der Waals surface area contributed by atoms with Gasteiger partial charge in [0.2, 0.25) is 0 Å². The van der Waals surface area contributed by atoms with Crippen molar-refractivity contribution in [1.82, 2.24) is 0 Å². The van der Waals surface area contributed by atoms with Crippen molar-refractivity contribution in [2.24, 2.45) is 0 Å². The van der Waals surface area contributed by atoms with E-state index in [0.29, 0.717) is 6.61 Å². The number of carbonyl (C=O) groups is 3.